The standard InChI is InChI=1S/C17H15ClN4O3/c1-24-14-9-15(25-2)13(8-12(14)18)21-17(23)11-3-4-20-16(7-11)22-6-5-19-10-22/h3-10H,1-2H3,(H,21,23). The first kappa shape index (κ1) is 16.8. The molecule has 0 aliphatic carbocycles. The summed E-state index contributed by atoms with van der Waals surface area (Å²) >= 11 is 6.13. The molecule has 7 nitrogen and oxygen atoms in total. The molecule has 2 heterocycles. The number of carbonyl (C=O) groups is 1. The number of benzene rings is 1. The smallest absolute Gasteiger partial charge is 0.255 e. The van der Waals surface area contributed by atoms with Crippen molar-refractivity contribution in [3.8, 4) is 17.3 Å². The third kappa shape index (κ3) is 3.56. The fraction of sp³-hybridized carbons (Fsp3) is 0.118. The second-order valence-electron chi connectivity index (χ2n) is 5.01. The number of amides is 1. The van der Waals surface area contributed by atoms with Gasteiger partial charge < -0.3 is 14.8 Å². The second kappa shape index (κ2) is 7.23. The summed E-state index contributed by atoms with van der Waals surface area (Å²) in [5.74, 6) is 1.18. The largest absolute Gasteiger partial charge is 0.495 e. The molecule has 0 spiro atoms. The summed E-state index contributed by atoms with van der Waals surface area (Å²) in [5.41, 5.74) is 0.881. The topological polar surface area (TPSA) is 78.3 Å². The van der Waals surface area contributed by atoms with E-state index < -0.39 is 0 Å². The minimum absolute atomic E-state index is 0.316. The van der Waals surface area contributed by atoms with Crippen LogP contribution < -0.4 is 14.8 Å². The summed E-state index contributed by atoms with van der Waals surface area (Å²) in [4.78, 5) is 20.8. The Morgan fingerprint density at radius 1 is 1.16 bits per heavy atom. The van der Waals surface area contributed by atoms with Crippen LogP contribution in [0.25, 0.3) is 5.82 Å². The van der Waals surface area contributed by atoms with E-state index in [1.54, 1.807) is 53.8 Å². The average molecular weight is 359 g/mol. The molecule has 0 unspecified atom stereocenters. The molecule has 8 heteroatoms. The number of pyridine rings is 1. The number of hydrogen-bond acceptors (Lipinski definition) is 5. The average Bonchev–Trinajstić information content (AvgIpc) is 3.17. The van der Waals surface area contributed by atoms with Crippen LogP contribution in [0.15, 0.2) is 49.2 Å². The van der Waals surface area contributed by atoms with Gasteiger partial charge in [-0.25, -0.2) is 9.97 Å². The van der Waals surface area contributed by atoms with Gasteiger partial charge in [-0.15, -0.1) is 0 Å². The quantitative estimate of drug-likeness (QED) is 0.757. The number of nitrogens with one attached hydrogen (secondary N) is 1. The molecule has 25 heavy (non-hydrogen) atoms. The Morgan fingerprint density at radius 2 is 1.96 bits per heavy atom. The Bertz CT molecular complexity index is 897. The van der Waals surface area contributed by atoms with E-state index in [4.69, 9.17) is 21.1 Å². The SMILES string of the molecule is COc1cc(OC)c(NC(=O)c2ccnc(-n3ccnc3)c2)cc1Cl. The van der Waals surface area contributed by atoms with Crippen molar-refractivity contribution in [2.24, 2.45) is 0 Å². The van der Waals surface area contributed by atoms with Crippen LogP contribution in [-0.2, 0) is 0 Å². The number of halogens is 1. The lowest BCUT2D eigenvalue weighted by molar-refractivity contribution is 0.102. The van der Waals surface area contributed by atoms with Crippen LogP contribution in [0.2, 0.25) is 5.02 Å². The van der Waals surface area contributed by atoms with E-state index in [2.05, 4.69) is 15.3 Å². The predicted molar refractivity (Wildman–Crippen MR) is 93.9 cm³/mol. The Balaban J connectivity index is 1.88. The Hall–Kier alpha value is -3.06. The Kier molecular flexibility index (Phi) is 4.85. The molecular formula is C17H15ClN4O3. The van der Waals surface area contributed by atoms with E-state index in [9.17, 15) is 4.79 Å². The zero-order chi connectivity index (χ0) is 17.8. The lowest BCUT2D eigenvalue weighted by Gasteiger charge is -2.13. The number of methoxy groups -OCH3 is 2. The number of imidazole rings is 1. The maximum absolute atomic E-state index is 12.6. The number of aromatic nitrogens is 3. The molecule has 3 aromatic rings. The van der Waals surface area contributed by atoms with E-state index in [0.29, 0.717) is 33.6 Å². The molecule has 0 bridgehead atoms. The van der Waals surface area contributed by atoms with Gasteiger partial charge in [-0.2, -0.15) is 0 Å². The first-order valence-corrected chi connectivity index (χ1v) is 7.67. The van der Waals surface area contributed by atoms with Gasteiger partial charge in [-0.05, 0) is 18.2 Å². The maximum atomic E-state index is 12.6. The molecule has 0 aliphatic heterocycles. The molecule has 2 aromatic heterocycles. The van der Waals surface area contributed by atoms with Crippen molar-refractivity contribution in [3.63, 3.8) is 0 Å². The Labute approximate surface area is 149 Å². The highest BCUT2D eigenvalue weighted by Crippen LogP contribution is 2.36. The number of carbonyl (C=O) groups excluding carboxylic acids is 1. The number of rotatable bonds is 5. The van der Waals surface area contributed by atoms with Gasteiger partial charge in [-0.3, -0.25) is 9.36 Å². The summed E-state index contributed by atoms with van der Waals surface area (Å²) < 4.78 is 12.1. The van der Waals surface area contributed by atoms with Crippen molar-refractivity contribution in [3.05, 3.63) is 59.8 Å². The summed E-state index contributed by atoms with van der Waals surface area (Å²) in [6, 6.07) is 6.47. The van der Waals surface area contributed by atoms with Gasteiger partial charge in [0.2, 0.25) is 0 Å². The summed E-state index contributed by atoms with van der Waals surface area (Å²) in [7, 11) is 3.01. The molecule has 1 amide bonds. The monoisotopic (exact) mass is 358 g/mol. The summed E-state index contributed by atoms with van der Waals surface area (Å²) in [5, 5.41) is 3.15. The van der Waals surface area contributed by atoms with Crippen LogP contribution in [0.4, 0.5) is 5.69 Å². The number of hydrogen-bond donors (Lipinski definition) is 1. The molecule has 0 radical (unpaired) electrons. The molecule has 1 N–H and O–H groups in total. The van der Waals surface area contributed by atoms with Crippen molar-refractivity contribution in [1.82, 2.24) is 14.5 Å². The molecule has 0 aliphatic rings. The van der Waals surface area contributed by atoms with Gasteiger partial charge in [0.25, 0.3) is 5.91 Å². The minimum atomic E-state index is -0.316. The third-order valence-corrected chi connectivity index (χ3v) is 3.79. The third-order valence-electron chi connectivity index (χ3n) is 3.50. The van der Waals surface area contributed by atoms with Gasteiger partial charge in [0.1, 0.15) is 23.6 Å². The minimum Gasteiger partial charge on any atom is -0.495 e. The van der Waals surface area contributed by atoms with Crippen LogP contribution in [0.5, 0.6) is 11.5 Å². The molecule has 1 aromatic carbocycles. The maximum Gasteiger partial charge on any atom is 0.255 e. The van der Waals surface area contributed by atoms with E-state index >= 15 is 0 Å². The van der Waals surface area contributed by atoms with E-state index in [1.807, 2.05) is 0 Å². The molecule has 0 fully saturated rings. The number of ether oxygens (including phenoxy) is 2. The summed E-state index contributed by atoms with van der Waals surface area (Å²) in [6.45, 7) is 0. The van der Waals surface area contributed by atoms with Gasteiger partial charge in [0.15, 0.2) is 0 Å². The first-order chi connectivity index (χ1) is 12.1. The van der Waals surface area contributed by atoms with Crippen LogP contribution in [0.3, 0.4) is 0 Å². The fourth-order valence-corrected chi connectivity index (χ4v) is 2.49. The van der Waals surface area contributed by atoms with Crippen LogP contribution in [0.1, 0.15) is 10.4 Å². The van der Waals surface area contributed by atoms with Gasteiger partial charge in [0, 0.05) is 30.2 Å². The molecule has 0 atom stereocenters. The highest BCUT2D eigenvalue weighted by atomic mass is 35.5. The lowest BCUT2D eigenvalue weighted by Crippen LogP contribution is -2.13. The van der Waals surface area contributed by atoms with Gasteiger partial charge >= 0.3 is 0 Å². The van der Waals surface area contributed by atoms with Crippen LogP contribution >= 0.6 is 11.6 Å². The van der Waals surface area contributed by atoms with Crippen molar-refractivity contribution in [2.45, 2.75) is 0 Å². The van der Waals surface area contributed by atoms with E-state index in [1.165, 1.54) is 14.2 Å². The number of nitrogens with zero attached hydrogens (tertiary/aromatic N) is 3. The van der Waals surface area contributed by atoms with Crippen molar-refractivity contribution < 1.29 is 14.3 Å². The Morgan fingerprint density at radius 3 is 2.64 bits per heavy atom. The van der Waals surface area contributed by atoms with Crippen LogP contribution in [0, 0.1) is 0 Å². The predicted octanol–water partition coefficient (Wildman–Crippen LogP) is 3.19. The van der Waals surface area contributed by atoms with E-state index in [-0.39, 0.29) is 5.91 Å². The molecule has 3 rings (SSSR count). The molecule has 0 saturated carbocycles. The number of anilines is 1. The van der Waals surface area contributed by atoms with Crippen molar-refractivity contribution in [2.75, 3.05) is 19.5 Å². The molecule has 128 valence electrons. The second-order valence-corrected chi connectivity index (χ2v) is 5.42. The molecule has 0 saturated heterocycles. The first-order valence-electron chi connectivity index (χ1n) is 7.29. The fourth-order valence-electron chi connectivity index (χ4n) is 2.25. The van der Waals surface area contributed by atoms with E-state index in [0.717, 1.165) is 0 Å². The highest BCUT2D eigenvalue weighted by molar-refractivity contribution is 6.32. The van der Waals surface area contributed by atoms with Crippen molar-refractivity contribution in [1.29, 1.82) is 0 Å². The van der Waals surface area contributed by atoms with Gasteiger partial charge in [0.05, 0.1) is 24.9 Å². The van der Waals surface area contributed by atoms with Crippen LogP contribution in [-0.4, -0.2) is 34.7 Å². The molecular weight excluding hydrogens is 344 g/mol. The highest BCUT2D eigenvalue weighted by Gasteiger charge is 2.14. The zero-order valence-corrected chi connectivity index (χ0v) is 14.3. The summed E-state index contributed by atoms with van der Waals surface area (Å²) in [6.07, 6.45) is 6.55. The zero-order valence-electron chi connectivity index (χ0n) is 13.6. The normalized spacial score (nSPS) is 10.4. The lowest BCUT2D eigenvalue weighted by atomic mass is 10.2. The van der Waals surface area contributed by atoms with Gasteiger partial charge in [-0.1, -0.05) is 11.6 Å². The van der Waals surface area contributed by atoms with Crippen molar-refractivity contribution >= 4 is 23.2 Å².